The summed E-state index contributed by atoms with van der Waals surface area (Å²) in [5.74, 6) is 0.177. The first-order chi connectivity index (χ1) is 12.5. The smallest absolute Gasteiger partial charge is 0.283 e. The van der Waals surface area contributed by atoms with E-state index in [9.17, 15) is 9.59 Å². The highest BCUT2D eigenvalue weighted by atomic mass is 32.1. The van der Waals surface area contributed by atoms with Crippen molar-refractivity contribution >= 4 is 35.2 Å². The second-order valence-electron chi connectivity index (χ2n) is 5.41. The Labute approximate surface area is 156 Å². The summed E-state index contributed by atoms with van der Waals surface area (Å²) in [5.41, 5.74) is 1.23. The molecular formula is C19H16N2O4S. The van der Waals surface area contributed by atoms with Gasteiger partial charge in [0.2, 0.25) is 0 Å². The molecule has 1 saturated heterocycles. The van der Waals surface area contributed by atoms with Crippen LogP contribution in [-0.4, -0.2) is 36.0 Å². The van der Waals surface area contributed by atoms with Crippen molar-refractivity contribution in [3.05, 3.63) is 65.4 Å². The quantitative estimate of drug-likeness (QED) is 0.508. The van der Waals surface area contributed by atoms with Crippen molar-refractivity contribution in [1.29, 1.82) is 0 Å². The van der Waals surface area contributed by atoms with Crippen molar-refractivity contribution < 1.29 is 19.1 Å². The van der Waals surface area contributed by atoms with Gasteiger partial charge in [0.15, 0.2) is 5.11 Å². The van der Waals surface area contributed by atoms with Crippen molar-refractivity contribution in [2.75, 3.05) is 14.2 Å². The molecule has 0 saturated carbocycles. The summed E-state index contributed by atoms with van der Waals surface area (Å²) >= 11 is 5.17. The maximum Gasteiger partial charge on any atom is 0.283 e. The molecular weight excluding hydrogens is 352 g/mol. The molecule has 6 nitrogen and oxygen atoms in total. The maximum absolute atomic E-state index is 12.7. The fraction of sp³-hybridized carbons (Fsp3) is 0.105. The number of imide groups is 1. The predicted molar refractivity (Wildman–Crippen MR) is 101 cm³/mol. The number of hydrogen-bond acceptors (Lipinski definition) is 5. The van der Waals surface area contributed by atoms with Crippen molar-refractivity contribution in [3.63, 3.8) is 0 Å². The molecule has 2 amide bonds. The van der Waals surface area contributed by atoms with E-state index in [0.29, 0.717) is 22.6 Å². The van der Waals surface area contributed by atoms with Crippen LogP contribution in [0.25, 0.3) is 6.08 Å². The molecule has 0 radical (unpaired) electrons. The average Bonchev–Trinajstić information content (AvgIpc) is 2.95. The van der Waals surface area contributed by atoms with Crippen LogP contribution in [0.2, 0.25) is 0 Å². The van der Waals surface area contributed by atoms with Crippen LogP contribution in [0.4, 0.5) is 0 Å². The van der Waals surface area contributed by atoms with Gasteiger partial charge >= 0.3 is 0 Å². The average molecular weight is 368 g/mol. The number of thiocarbonyl (C=S) groups is 1. The zero-order chi connectivity index (χ0) is 18.7. The van der Waals surface area contributed by atoms with E-state index in [-0.39, 0.29) is 10.8 Å². The summed E-state index contributed by atoms with van der Waals surface area (Å²) in [5, 5.41) is 2.84. The first-order valence-electron chi connectivity index (χ1n) is 7.73. The third-order valence-electron chi connectivity index (χ3n) is 3.84. The summed E-state index contributed by atoms with van der Waals surface area (Å²) < 4.78 is 10.5. The highest BCUT2D eigenvalue weighted by Crippen LogP contribution is 2.27. The summed E-state index contributed by atoms with van der Waals surface area (Å²) in [6.07, 6.45) is 1.59. The lowest BCUT2D eigenvalue weighted by Crippen LogP contribution is -2.36. The monoisotopic (exact) mass is 368 g/mol. The summed E-state index contributed by atoms with van der Waals surface area (Å²) in [7, 11) is 3.08. The van der Waals surface area contributed by atoms with Gasteiger partial charge in [-0.25, -0.2) is 4.90 Å². The molecule has 1 aliphatic heterocycles. The van der Waals surface area contributed by atoms with Gasteiger partial charge in [0.05, 0.1) is 14.2 Å². The Morgan fingerprint density at radius 3 is 2.50 bits per heavy atom. The van der Waals surface area contributed by atoms with E-state index in [1.807, 2.05) is 0 Å². The van der Waals surface area contributed by atoms with E-state index in [1.165, 1.54) is 7.11 Å². The molecule has 0 spiro atoms. The molecule has 132 valence electrons. The lowest BCUT2D eigenvalue weighted by atomic mass is 10.1. The van der Waals surface area contributed by atoms with Crippen LogP contribution in [0.3, 0.4) is 0 Å². The molecule has 0 atom stereocenters. The number of amides is 2. The highest BCUT2D eigenvalue weighted by Gasteiger charge is 2.36. The third-order valence-corrected chi connectivity index (χ3v) is 4.13. The normalized spacial score (nSPS) is 15.2. The topological polar surface area (TPSA) is 67.9 Å². The van der Waals surface area contributed by atoms with Crippen LogP contribution in [0, 0.1) is 0 Å². The van der Waals surface area contributed by atoms with Gasteiger partial charge in [0, 0.05) is 17.2 Å². The Morgan fingerprint density at radius 1 is 1.12 bits per heavy atom. The molecule has 26 heavy (non-hydrogen) atoms. The minimum Gasteiger partial charge on any atom is -0.497 e. The Balaban J connectivity index is 1.92. The van der Waals surface area contributed by atoms with Crippen molar-refractivity contribution in [2.45, 2.75) is 0 Å². The molecule has 2 aromatic carbocycles. The molecule has 1 heterocycles. The molecule has 0 bridgehead atoms. The van der Waals surface area contributed by atoms with Crippen molar-refractivity contribution in [2.24, 2.45) is 0 Å². The number of ether oxygens (including phenoxy) is 2. The van der Waals surface area contributed by atoms with E-state index in [0.717, 1.165) is 4.90 Å². The minimum atomic E-state index is -0.512. The van der Waals surface area contributed by atoms with Crippen LogP contribution in [0.15, 0.2) is 54.2 Å². The van der Waals surface area contributed by atoms with Crippen LogP contribution in [0.1, 0.15) is 15.9 Å². The van der Waals surface area contributed by atoms with E-state index in [2.05, 4.69) is 5.32 Å². The molecule has 3 rings (SSSR count). The van der Waals surface area contributed by atoms with Crippen LogP contribution in [-0.2, 0) is 4.79 Å². The zero-order valence-electron chi connectivity index (χ0n) is 14.2. The SMILES string of the molecule is COc1ccc(/C=C2\NC(=S)N(C(=O)c3ccccc3)C2=O)c(OC)c1. The van der Waals surface area contributed by atoms with Crippen molar-refractivity contribution in [3.8, 4) is 11.5 Å². The number of hydrogen-bond donors (Lipinski definition) is 1. The Bertz CT molecular complexity index is 909. The van der Waals surface area contributed by atoms with Gasteiger partial charge in [-0.1, -0.05) is 18.2 Å². The molecule has 0 aromatic heterocycles. The van der Waals surface area contributed by atoms with Crippen LogP contribution >= 0.6 is 12.2 Å². The molecule has 2 aromatic rings. The highest BCUT2D eigenvalue weighted by molar-refractivity contribution is 7.80. The molecule has 0 aliphatic carbocycles. The Kier molecular flexibility index (Phi) is 4.99. The number of nitrogens with zero attached hydrogens (tertiary/aromatic N) is 1. The first kappa shape index (κ1) is 17.6. The number of carbonyl (C=O) groups excluding carboxylic acids is 2. The summed E-state index contributed by atoms with van der Waals surface area (Å²) in [4.78, 5) is 26.2. The van der Waals surface area contributed by atoms with Gasteiger partial charge in [-0.15, -0.1) is 0 Å². The van der Waals surface area contributed by atoms with E-state index >= 15 is 0 Å². The van der Waals surface area contributed by atoms with E-state index in [1.54, 1.807) is 61.7 Å². The number of methoxy groups -OCH3 is 2. The fourth-order valence-corrected chi connectivity index (χ4v) is 2.80. The van der Waals surface area contributed by atoms with Gasteiger partial charge in [-0.2, -0.15) is 0 Å². The van der Waals surface area contributed by atoms with E-state index in [4.69, 9.17) is 21.7 Å². The Hall–Kier alpha value is -3.19. The fourth-order valence-electron chi connectivity index (χ4n) is 2.52. The van der Waals surface area contributed by atoms with Gasteiger partial charge < -0.3 is 14.8 Å². The number of rotatable bonds is 4. The molecule has 1 aliphatic rings. The van der Waals surface area contributed by atoms with Crippen LogP contribution in [0.5, 0.6) is 11.5 Å². The number of nitrogens with one attached hydrogen (secondary N) is 1. The van der Waals surface area contributed by atoms with Crippen LogP contribution < -0.4 is 14.8 Å². The second kappa shape index (κ2) is 7.37. The largest absolute Gasteiger partial charge is 0.497 e. The predicted octanol–water partition coefficient (Wildman–Crippen LogP) is 2.60. The van der Waals surface area contributed by atoms with E-state index < -0.39 is 11.8 Å². The standard InChI is InChI=1S/C19H16N2O4S/c1-24-14-9-8-13(16(11-14)25-2)10-15-18(23)21(19(26)20-15)17(22)12-6-4-3-5-7-12/h3-11H,1-2H3,(H,20,26)/b15-10-. The van der Waals surface area contributed by atoms with Gasteiger partial charge in [0.1, 0.15) is 17.2 Å². The molecule has 1 N–H and O–H groups in total. The molecule has 0 unspecified atom stereocenters. The molecule has 1 fully saturated rings. The van der Waals surface area contributed by atoms with Crippen molar-refractivity contribution in [1.82, 2.24) is 10.2 Å². The lowest BCUT2D eigenvalue weighted by molar-refractivity contribution is -0.120. The number of benzene rings is 2. The maximum atomic E-state index is 12.7. The second-order valence-corrected chi connectivity index (χ2v) is 5.79. The first-order valence-corrected chi connectivity index (χ1v) is 8.14. The van der Waals surface area contributed by atoms with Gasteiger partial charge in [-0.3, -0.25) is 9.59 Å². The summed E-state index contributed by atoms with van der Waals surface area (Å²) in [6, 6.07) is 13.7. The third kappa shape index (κ3) is 3.29. The minimum absolute atomic E-state index is 0.0441. The molecule has 7 heteroatoms. The van der Waals surface area contributed by atoms with Gasteiger partial charge in [0.25, 0.3) is 11.8 Å². The number of carbonyl (C=O) groups is 2. The Morgan fingerprint density at radius 2 is 1.85 bits per heavy atom. The summed E-state index contributed by atoms with van der Waals surface area (Å²) in [6.45, 7) is 0. The zero-order valence-corrected chi connectivity index (χ0v) is 15.0. The van der Waals surface area contributed by atoms with Gasteiger partial charge in [-0.05, 0) is 42.6 Å². The lowest BCUT2D eigenvalue weighted by Gasteiger charge is -2.11.